The molecule has 23 heteroatoms. The Kier molecular flexibility index (Phi) is 13.3. The number of halogens is 7. The fraction of sp³-hybridized carbons (Fsp3) is 0.400. The number of nitrogens with zero attached hydrogens (tertiary/aromatic N) is 12. The summed E-state index contributed by atoms with van der Waals surface area (Å²) in [5.41, 5.74) is 4.36. The number of carbonyl (C=O) groups is 4. The summed E-state index contributed by atoms with van der Waals surface area (Å²) in [5.74, 6) is -1.18. The minimum atomic E-state index is -4.70. The average Bonchev–Trinajstić information content (AvgIpc) is 3.94. The van der Waals surface area contributed by atoms with Crippen LogP contribution in [-0.2, 0) is 38.5 Å². The predicted octanol–water partition coefficient (Wildman–Crippen LogP) is 9.63. The van der Waals surface area contributed by atoms with E-state index in [0.29, 0.717) is 93.5 Å². The standard InChI is InChI=1S/C50H47Cl4F3N12O4/c1-24-14-40-33(22-64(24)46(70)29-6-11-35(51)37(53)16-29)44-48(72)66(20-26(3)68(44)62-40)27(4)39-13-9-31(60-61-39)8-10-32-21-67(28(5)42-18-59-43(19-58-42)50(55,56)57)49(73)45-34-23-65(25(2)15-41(34)63-69(32)45)47(71)30-7-12-36(52)38(54)17-30/h6-7,9,11-13,16-19,24-28,32H,8,10,14-15,20-23H2,1-5H3/t24-,25-,26-,27-,28-,32-/m1/s1. The second-order valence-corrected chi connectivity index (χ2v) is 20.9. The zero-order chi connectivity index (χ0) is 51.9. The van der Waals surface area contributed by atoms with Crippen molar-refractivity contribution in [2.24, 2.45) is 0 Å². The van der Waals surface area contributed by atoms with Gasteiger partial charge in [0.1, 0.15) is 11.4 Å². The van der Waals surface area contributed by atoms with Crippen LogP contribution in [0.15, 0.2) is 60.9 Å². The lowest BCUT2D eigenvalue weighted by molar-refractivity contribution is -0.141. The maximum atomic E-state index is 14.7. The number of hydrogen-bond acceptors (Lipinski definition) is 10. The molecule has 73 heavy (non-hydrogen) atoms. The molecule has 0 unspecified atom stereocenters. The molecule has 0 spiro atoms. The Labute approximate surface area is 437 Å². The first-order valence-corrected chi connectivity index (χ1v) is 25.3. The lowest BCUT2D eigenvalue weighted by Crippen LogP contribution is -2.46. The molecule has 0 saturated heterocycles. The minimum Gasteiger partial charge on any atom is -0.331 e. The molecule has 4 amide bonds. The van der Waals surface area contributed by atoms with Crippen molar-refractivity contribution in [3.8, 4) is 0 Å². The molecule has 4 aliphatic heterocycles. The van der Waals surface area contributed by atoms with Crippen LogP contribution in [0.2, 0.25) is 20.1 Å². The molecule has 0 radical (unpaired) electrons. The van der Waals surface area contributed by atoms with Crippen LogP contribution in [0.25, 0.3) is 0 Å². The quantitative estimate of drug-likeness (QED) is 0.136. The summed E-state index contributed by atoms with van der Waals surface area (Å²) in [4.78, 5) is 71.3. The number of alkyl halides is 3. The van der Waals surface area contributed by atoms with Gasteiger partial charge < -0.3 is 19.6 Å². The van der Waals surface area contributed by atoms with Gasteiger partial charge in [-0.25, -0.2) is 4.98 Å². The molecule has 0 aliphatic carbocycles. The zero-order valence-electron chi connectivity index (χ0n) is 40.0. The van der Waals surface area contributed by atoms with Crippen molar-refractivity contribution >= 4 is 70.0 Å². The maximum Gasteiger partial charge on any atom is 0.434 e. The molecular weight excluding hydrogens is 1030 g/mol. The number of aryl methyl sites for hydroxylation is 1. The highest BCUT2D eigenvalue weighted by atomic mass is 35.5. The van der Waals surface area contributed by atoms with Gasteiger partial charge >= 0.3 is 6.18 Å². The van der Waals surface area contributed by atoms with E-state index in [9.17, 15) is 32.3 Å². The fourth-order valence-electron chi connectivity index (χ4n) is 10.3. The first kappa shape index (κ1) is 50.4. The highest BCUT2D eigenvalue weighted by Crippen LogP contribution is 2.39. The lowest BCUT2D eigenvalue weighted by Gasteiger charge is -2.38. The van der Waals surface area contributed by atoms with Gasteiger partial charge in [-0.15, -0.1) is 0 Å². The van der Waals surface area contributed by atoms with Gasteiger partial charge in [-0.2, -0.15) is 33.6 Å². The van der Waals surface area contributed by atoms with E-state index >= 15 is 0 Å². The number of rotatable bonds is 9. The van der Waals surface area contributed by atoms with Crippen molar-refractivity contribution in [2.75, 3.05) is 13.1 Å². The van der Waals surface area contributed by atoms with E-state index in [0.717, 1.165) is 11.9 Å². The van der Waals surface area contributed by atoms with Crippen LogP contribution in [0.4, 0.5) is 13.2 Å². The Balaban J connectivity index is 0.885. The van der Waals surface area contributed by atoms with E-state index in [2.05, 4.69) is 20.2 Å². The Bertz CT molecular complexity index is 3210. The molecule has 4 aliphatic rings. The third-order valence-corrected chi connectivity index (χ3v) is 16.0. The summed E-state index contributed by atoms with van der Waals surface area (Å²) >= 11 is 24.8. The van der Waals surface area contributed by atoms with Gasteiger partial charge in [0.05, 0.1) is 98.2 Å². The second kappa shape index (κ2) is 19.3. The number of aromatic nitrogens is 8. The summed E-state index contributed by atoms with van der Waals surface area (Å²) < 4.78 is 43.9. The van der Waals surface area contributed by atoms with Crippen LogP contribution in [0.3, 0.4) is 0 Å². The van der Waals surface area contributed by atoms with Gasteiger partial charge in [-0.05, 0) is 96.0 Å². The lowest BCUT2D eigenvalue weighted by atomic mass is 9.96. The topological polar surface area (TPSA) is 168 Å². The van der Waals surface area contributed by atoms with Crippen molar-refractivity contribution < 1.29 is 32.3 Å². The molecule has 8 heterocycles. The van der Waals surface area contributed by atoms with Crippen LogP contribution in [-0.4, -0.2) is 108 Å². The highest BCUT2D eigenvalue weighted by molar-refractivity contribution is 6.42. The Hall–Kier alpha value is -6.15. The van der Waals surface area contributed by atoms with Gasteiger partial charge in [0, 0.05) is 60.3 Å². The van der Waals surface area contributed by atoms with Crippen molar-refractivity contribution in [1.29, 1.82) is 0 Å². The maximum absolute atomic E-state index is 14.7. The number of fused-ring (bicyclic) bond motifs is 6. The molecule has 16 nitrogen and oxygen atoms in total. The predicted molar refractivity (Wildman–Crippen MR) is 263 cm³/mol. The van der Waals surface area contributed by atoms with Crippen molar-refractivity contribution in [3.05, 3.63) is 149 Å². The number of carbonyl (C=O) groups excluding carboxylic acids is 4. The molecule has 6 atom stereocenters. The van der Waals surface area contributed by atoms with Crippen LogP contribution in [0.1, 0.15) is 152 Å². The van der Waals surface area contributed by atoms with Gasteiger partial charge in [-0.1, -0.05) is 46.4 Å². The second-order valence-electron chi connectivity index (χ2n) is 19.2. The van der Waals surface area contributed by atoms with Crippen molar-refractivity contribution in [1.82, 2.24) is 59.3 Å². The van der Waals surface area contributed by atoms with E-state index in [-0.39, 0.29) is 76.9 Å². The Morgan fingerprint density at radius 1 is 0.658 bits per heavy atom. The Morgan fingerprint density at radius 3 is 1.70 bits per heavy atom. The van der Waals surface area contributed by atoms with Crippen LogP contribution in [0, 0.1) is 0 Å². The third-order valence-electron chi connectivity index (χ3n) is 14.5. The summed E-state index contributed by atoms with van der Waals surface area (Å²) in [6.45, 7) is 10.2. The molecule has 10 rings (SSSR count). The molecule has 0 fully saturated rings. The van der Waals surface area contributed by atoms with Gasteiger partial charge in [0.15, 0.2) is 5.69 Å². The van der Waals surface area contributed by atoms with Gasteiger partial charge in [0.25, 0.3) is 23.6 Å². The number of amides is 4. The van der Waals surface area contributed by atoms with Crippen LogP contribution in [0.5, 0.6) is 0 Å². The van der Waals surface area contributed by atoms with E-state index < -0.39 is 35.9 Å². The third kappa shape index (κ3) is 9.20. The van der Waals surface area contributed by atoms with Crippen LogP contribution < -0.4 is 0 Å². The summed E-state index contributed by atoms with van der Waals surface area (Å²) in [6, 6.07) is 10.7. The van der Waals surface area contributed by atoms with E-state index in [1.807, 2.05) is 39.8 Å². The fourth-order valence-corrected chi connectivity index (χ4v) is 10.9. The highest BCUT2D eigenvalue weighted by Gasteiger charge is 2.44. The first-order chi connectivity index (χ1) is 34.7. The minimum absolute atomic E-state index is 0.0667. The normalized spacial score (nSPS) is 20.6. The van der Waals surface area contributed by atoms with Crippen molar-refractivity contribution in [3.63, 3.8) is 0 Å². The molecule has 4 aromatic heterocycles. The molecule has 2 aromatic carbocycles. The average molecular weight is 1080 g/mol. The summed E-state index contributed by atoms with van der Waals surface area (Å²) in [6.07, 6.45) is -1.36. The van der Waals surface area contributed by atoms with Gasteiger partial charge in [0.2, 0.25) is 0 Å². The largest absolute Gasteiger partial charge is 0.434 e. The molecule has 6 aromatic rings. The van der Waals surface area contributed by atoms with Crippen molar-refractivity contribution in [2.45, 2.75) is 116 Å². The molecular formula is C50H47Cl4F3N12O4. The summed E-state index contributed by atoms with van der Waals surface area (Å²) in [7, 11) is 0. The SMILES string of the molecule is C[C@@H]1Cc2nn3c(c2CN1C(=O)c1ccc(Cl)c(Cl)c1)C(=O)N([C@H](C)c1cnc(C(F)(F)F)cn1)C[C@H]3CCc1ccc([C@@H](C)N2C[C@@H](C)n3nc4c(c3C2=O)CN(C(=O)c2ccc(Cl)c(Cl)c2)[C@H](C)C4)nn1. The monoisotopic (exact) mass is 1080 g/mol. The van der Waals surface area contributed by atoms with Gasteiger partial charge in [-0.3, -0.25) is 33.5 Å². The Morgan fingerprint density at radius 2 is 1.19 bits per heavy atom. The first-order valence-electron chi connectivity index (χ1n) is 23.7. The molecule has 380 valence electrons. The van der Waals surface area contributed by atoms with E-state index in [4.69, 9.17) is 56.6 Å². The number of hydrogen-bond donors (Lipinski definition) is 0. The zero-order valence-corrected chi connectivity index (χ0v) is 43.1. The number of benzene rings is 2. The smallest absolute Gasteiger partial charge is 0.331 e. The van der Waals surface area contributed by atoms with E-state index in [1.165, 1.54) is 6.07 Å². The molecule has 0 N–H and O–H groups in total. The van der Waals surface area contributed by atoms with Crippen LogP contribution >= 0.6 is 46.4 Å². The van der Waals surface area contributed by atoms with E-state index in [1.54, 1.807) is 66.2 Å². The molecule has 0 saturated carbocycles. The molecule has 0 bridgehead atoms. The summed E-state index contributed by atoms with van der Waals surface area (Å²) in [5, 5.41) is 20.2.